The molecule has 9 heteroatoms. The van der Waals surface area contributed by atoms with Crippen LogP contribution in [-0.4, -0.2) is 34.3 Å². The van der Waals surface area contributed by atoms with E-state index in [0.29, 0.717) is 12.2 Å². The maximum atomic E-state index is 12.8. The zero-order valence-electron chi connectivity index (χ0n) is 15.8. The van der Waals surface area contributed by atoms with Gasteiger partial charge in [-0.1, -0.05) is 25.3 Å². The number of benzene rings is 1. The SMILES string of the molecule is C=CCOC(=O)[C@@H]1C(=C)Nc2[nH]c(=O)[nH]c(=O)c2[C@H]1c1ccc(O)c(OCC)c1. The third-order valence-corrected chi connectivity index (χ3v) is 4.53. The van der Waals surface area contributed by atoms with Crippen molar-refractivity contribution in [2.24, 2.45) is 5.92 Å². The fourth-order valence-electron chi connectivity index (χ4n) is 3.36. The van der Waals surface area contributed by atoms with Crippen LogP contribution in [0.3, 0.4) is 0 Å². The van der Waals surface area contributed by atoms with Crippen LogP contribution in [0.5, 0.6) is 11.5 Å². The second-order valence-corrected chi connectivity index (χ2v) is 6.38. The predicted octanol–water partition coefficient (Wildman–Crippen LogP) is 1.58. The van der Waals surface area contributed by atoms with Gasteiger partial charge in [0.25, 0.3) is 5.56 Å². The van der Waals surface area contributed by atoms with Gasteiger partial charge in [-0.05, 0) is 24.6 Å². The molecular formula is C20H21N3O6. The average Bonchev–Trinajstić information content (AvgIpc) is 2.66. The van der Waals surface area contributed by atoms with Crippen molar-refractivity contribution in [3.8, 4) is 11.5 Å². The summed E-state index contributed by atoms with van der Waals surface area (Å²) >= 11 is 0. The molecule has 0 aliphatic carbocycles. The van der Waals surface area contributed by atoms with E-state index in [4.69, 9.17) is 9.47 Å². The van der Waals surface area contributed by atoms with E-state index in [1.54, 1.807) is 19.1 Å². The number of carbonyl (C=O) groups excluding carboxylic acids is 1. The Kier molecular flexibility index (Phi) is 5.58. The monoisotopic (exact) mass is 399 g/mol. The molecule has 1 aromatic carbocycles. The molecule has 0 saturated heterocycles. The molecule has 0 radical (unpaired) electrons. The molecule has 9 nitrogen and oxygen atoms in total. The minimum atomic E-state index is -0.964. The smallest absolute Gasteiger partial charge is 0.327 e. The van der Waals surface area contributed by atoms with Gasteiger partial charge in [0.1, 0.15) is 18.3 Å². The molecule has 4 N–H and O–H groups in total. The molecule has 0 unspecified atom stereocenters. The molecule has 0 saturated carbocycles. The van der Waals surface area contributed by atoms with Crippen LogP contribution < -0.4 is 21.3 Å². The summed E-state index contributed by atoms with van der Waals surface area (Å²) in [7, 11) is 0. The van der Waals surface area contributed by atoms with Gasteiger partial charge < -0.3 is 19.9 Å². The molecule has 2 heterocycles. The number of aromatic hydroxyl groups is 1. The zero-order chi connectivity index (χ0) is 21.1. The van der Waals surface area contributed by atoms with Crippen LogP contribution in [0.25, 0.3) is 0 Å². The lowest BCUT2D eigenvalue weighted by Crippen LogP contribution is -2.40. The van der Waals surface area contributed by atoms with Crippen LogP contribution in [-0.2, 0) is 9.53 Å². The molecule has 1 aromatic heterocycles. The summed E-state index contributed by atoms with van der Waals surface area (Å²) in [6.45, 7) is 9.47. The van der Waals surface area contributed by atoms with Gasteiger partial charge in [-0.2, -0.15) is 0 Å². The number of anilines is 1. The number of hydrogen-bond donors (Lipinski definition) is 4. The highest BCUT2D eigenvalue weighted by Gasteiger charge is 2.41. The van der Waals surface area contributed by atoms with Gasteiger partial charge in [-0.3, -0.25) is 19.6 Å². The Labute approximate surface area is 165 Å². The molecule has 2 aromatic rings. The maximum Gasteiger partial charge on any atom is 0.327 e. The molecule has 3 rings (SSSR count). The van der Waals surface area contributed by atoms with Crippen LogP contribution >= 0.6 is 0 Å². The number of carbonyl (C=O) groups is 1. The number of nitrogens with one attached hydrogen (secondary N) is 3. The van der Waals surface area contributed by atoms with Gasteiger partial charge in [0, 0.05) is 11.6 Å². The summed E-state index contributed by atoms with van der Waals surface area (Å²) < 4.78 is 10.6. The third-order valence-electron chi connectivity index (χ3n) is 4.53. The van der Waals surface area contributed by atoms with Gasteiger partial charge in [0.15, 0.2) is 11.5 Å². The van der Waals surface area contributed by atoms with Gasteiger partial charge in [0.2, 0.25) is 0 Å². The van der Waals surface area contributed by atoms with Crippen molar-refractivity contribution in [3.05, 3.63) is 75.1 Å². The van der Waals surface area contributed by atoms with E-state index in [2.05, 4.69) is 28.4 Å². The largest absolute Gasteiger partial charge is 0.504 e. The first-order chi connectivity index (χ1) is 13.9. The Hall–Kier alpha value is -3.75. The van der Waals surface area contributed by atoms with E-state index in [-0.39, 0.29) is 35.2 Å². The summed E-state index contributed by atoms with van der Waals surface area (Å²) in [6, 6.07) is 4.53. The third kappa shape index (κ3) is 3.79. The first kappa shape index (κ1) is 20.0. The number of fused-ring (bicyclic) bond motifs is 1. The quantitative estimate of drug-likeness (QED) is 0.428. The normalized spacial score (nSPS) is 17.8. The predicted molar refractivity (Wildman–Crippen MR) is 106 cm³/mol. The van der Waals surface area contributed by atoms with E-state index in [9.17, 15) is 19.5 Å². The Morgan fingerprint density at radius 3 is 2.76 bits per heavy atom. The summed E-state index contributed by atoms with van der Waals surface area (Å²) in [5, 5.41) is 12.8. The van der Waals surface area contributed by atoms with Gasteiger partial charge >= 0.3 is 11.7 Å². The van der Waals surface area contributed by atoms with Crippen molar-refractivity contribution in [1.82, 2.24) is 9.97 Å². The molecule has 1 aliphatic heterocycles. The van der Waals surface area contributed by atoms with Crippen molar-refractivity contribution in [2.75, 3.05) is 18.5 Å². The van der Waals surface area contributed by atoms with E-state index in [1.165, 1.54) is 12.1 Å². The highest BCUT2D eigenvalue weighted by Crippen LogP contribution is 2.43. The van der Waals surface area contributed by atoms with Crippen molar-refractivity contribution in [3.63, 3.8) is 0 Å². The van der Waals surface area contributed by atoms with Crippen LogP contribution in [0.2, 0.25) is 0 Å². The van der Waals surface area contributed by atoms with Crippen molar-refractivity contribution in [2.45, 2.75) is 12.8 Å². The molecule has 0 bridgehead atoms. The van der Waals surface area contributed by atoms with Crippen LogP contribution in [0.4, 0.5) is 5.82 Å². The standard InChI is InChI=1S/C20H21N3O6/c1-4-8-29-19(26)14-10(3)21-17-16(18(25)23-20(27)22-17)15(14)11-6-7-12(24)13(9-11)28-5-2/h4,6-7,9,14-15,24H,1,3,5,8H2,2H3,(H3,21,22,23,25,27)/t14-,15+/m1/s1. The average molecular weight is 399 g/mol. The molecule has 29 heavy (non-hydrogen) atoms. The van der Waals surface area contributed by atoms with E-state index < -0.39 is 29.1 Å². The van der Waals surface area contributed by atoms with Crippen molar-refractivity contribution >= 4 is 11.8 Å². The van der Waals surface area contributed by atoms with Crippen LogP contribution in [0, 0.1) is 5.92 Å². The first-order valence-corrected chi connectivity index (χ1v) is 8.92. The fourth-order valence-corrected chi connectivity index (χ4v) is 3.36. The van der Waals surface area contributed by atoms with Gasteiger partial charge in [-0.25, -0.2) is 4.79 Å². The summed E-state index contributed by atoms with van der Waals surface area (Å²) in [5.74, 6) is -2.15. The van der Waals surface area contributed by atoms with Gasteiger partial charge in [0.05, 0.1) is 12.2 Å². The lowest BCUT2D eigenvalue weighted by atomic mass is 9.77. The number of phenols is 1. The van der Waals surface area contributed by atoms with Crippen molar-refractivity contribution in [1.29, 1.82) is 0 Å². The highest BCUT2D eigenvalue weighted by atomic mass is 16.5. The molecule has 0 spiro atoms. The highest BCUT2D eigenvalue weighted by molar-refractivity contribution is 5.81. The lowest BCUT2D eigenvalue weighted by Gasteiger charge is -2.33. The number of ether oxygens (including phenoxy) is 2. The number of aromatic nitrogens is 2. The minimum absolute atomic E-state index is 0.00998. The molecule has 0 fully saturated rings. The number of rotatable bonds is 6. The van der Waals surface area contributed by atoms with E-state index >= 15 is 0 Å². The molecule has 152 valence electrons. The Bertz CT molecular complexity index is 1080. The van der Waals surface area contributed by atoms with E-state index in [1.807, 2.05) is 0 Å². The Morgan fingerprint density at radius 1 is 1.31 bits per heavy atom. The van der Waals surface area contributed by atoms with Crippen molar-refractivity contribution < 1.29 is 19.4 Å². The molecule has 2 atom stereocenters. The number of esters is 1. The summed E-state index contributed by atoms with van der Waals surface area (Å²) in [4.78, 5) is 41.8. The molecule has 1 aliphatic rings. The van der Waals surface area contributed by atoms with E-state index in [0.717, 1.165) is 0 Å². The van der Waals surface area contributed by atoms with Crippen LogP contribution in [0.1, 0.15) is 24.0 Å². The topological polar surface area (TPSA) is 134 Å². The Morgan fingerprint density at radius 2 is 2.07 bits per heavy atom. The first-order valence-electron chi connectivity index (χ1n) is 8.92. The molecule has 0 amide bonds. The molecular weight excluding hydrogens is 378 g/mol. The second kappa shape index (κ2) is 8.09. The number of aromatic amines is 2. The minimum Gasteiger partial charge on any atom is -0.504 e. The van der Waals surface area contributed by atoms with Crippen LogP contribution in [0.15, 0.2) is 52.7 Å². The zero-order valence-corrected chi connectivity index (χ0v) is 15.8. The Balaban J connectivity index is 2.22. The summed E-state index contributed by atoms with van der Waals surface area (Å²) in [6.07, 6.45) is 1.43. The maximum absolute atomic E-state index is 12.8. The second-order valence-electron chi connectivity index (χ2n) is 6.38. The lowest BCUT2D eigenvalue weighted by molar-refractivity contribution is -0.146. The number of phenolic OH excluding ortho intramolecular Hbond substituents is 1. The van der Waals surface area contributed by atoms with Gasteiger partial charge in [-0.15, -0.1) is 0 Å². The number of hydrogen-bond acceptors (Lipinski definition) is 7. The number of H-pyrrole nitrogens is 2. The fraction of sp³-hybridized carbons (Fsp3) is 0.250. The summed E-state index contributed by atoms with van der Waals surface area (Å²) in [5.41, 5.74) is -0.440.